The number of fused-ring (bicyclic) bond motifs is 1. The maximum absolute atomic E-state index is 11.9. The minimum absolute atomic E-state index is 0.237. The maximum atomic E-state index is 11.9. The first-order valence-corrected chi connectivity index (χ1v) is 6.25. The van der Waals surface area contributed by atoms with Gasteiger partial charge in [0, 0.05) is 18.3 Å². The molecule has 0 amide bonds. The van der Waals surface area contributed by atoms with Gasteiger partial charge in [-0.15, -0.1) is 0 Å². The van der Waals surface area contributed by atoms with Crippen LogP contribution in [0.1, 0.15) is 38.3 Å². The number of benzene rings is 1. The van der Waals surface area contributed by atoms with Crippen molar-refractivity contribution in [2.24, 2.45) is 5.41 Å². The molecule has 92 valence electrons. The molecule has 0 unspecified atom stereocenters. The number of para-hydroxylation sites is 1. The molecule has 0 fully saturated rings. The average Bonchev–Trinajstić information content (AvgIpc) is 2.72. The zero-order valence-electron chi connectivity index (χ0n) is 10.9. The van der Waals surface area contributed by atoms with E-state index in [4.69, 9.17) is 4.74 Å². The van der Waals surface area contributed by atoms with Crippen LogP contribution in [0.3, 0.4) is 0 Å². The number of carbonyl (C=O) groups excluding carboxylic acids is 1. The first kappa shape index (κ1) is 12.2. The van der Waals surface area contributed by atoms with Gasteiger partial charge in [-0.1, -0.05) is 39.0 Å². The molecule has 2 rings (SSSR count). The lowest BCUT2D eigenvalue weighted by atomic mass is 9.87. The van der Waals surface area contributed by atoms with E-state index in [0.717, 1.165) is 25.2 Å². The first-order valence-electron chi connectivity index (χ1n) is 6.25. The van der Waals surface area contributed by atoms with Gasteiger partial charge in [-0.05, 0) is 17.5 Å². The smallest absolute Gasteiger partial charge is 0.138 e. The molecule has 0 saturated heterocycles. The van der Waals surface area contributed by atoms with Gasteiger partial charge in [0.2, 0.25) is 0 Å². The second kappa shape index (κ2) is 4.52. The molecule has 0 spiro atoms. The molecule has 0 bridgehead atoms. The lowest BCUT2D eigenvalue weighted by molar-refractivity contribution is -0.126. The third kappa shape index (κ3) is 2.68. The van der Waals surface area contributed by atoms with Crippen LogP contribution in [0.4, 0.5) is 0 Å². The SMILES string of the molecule is CC(C)(C)C(=O)CCc1cccc2c1OCC2. The Morgan fingerprint density at radius 3 is 2.82 bits per heavy atom. The minimum atomic E-state index is -0.237. The van der Waals surface area contributed by atoms with Crippen LogP contribution in [0.2, 0.25) is 0 Å². The molecule has 1 aromatic carbocycles. The van der Waals surface area contributed by atoms with Gasteiger partial charge in [0.05, 0.1) is 6.61 Å². The van der Waals surface area contributed by atoms with Crippen molar-refractivity contribution in [2.75, 3.05) is 6.61 Å². The maximum Gasteiger partial charge on any atom is 0.138 e. The van der Waals surface area contributed by atoms with Crippen molar-refractivity contribution in [1.82, 2.24) is 0 Å². The van der Waals surface area contributed by atoms with Gasteiger partial charge in [-0.25, -0.2) is 0 Å². The second-order valence-corrected chi connectivity index (χ2v) is 5.68. The van der Waals surface area contributed by atoms with Crippen molar-refractivity contribution < 1.29 is 9.53 Å². The Balaban J connectivity index is 2.06. The van der Waals surface area contributed by atoms with Crippen molar-refractivity contribution in [3.05, 3.63) is 29.3 Å². The van der Waals surface area contributed by atoms with Gasteiger partial charge in [0.15, 0.2) is 0 Å². The predicted octanol–water partition coefficient (Wildman–Crippen LogP) is 3.17. The molecule has 17 heavy (non-hydrogen) atoms. The summed E-state index contributed by atoms with van der Waals surface area (Å²) in [6.07, 6.45) is 2.39. The highest BCUT2D eigenvalue weighted by Gasteiger charge is 2.22. The fraction of sp³-hybridized carbons (Fsp3) is 0.533. The molecule has 0 N–H and O–H groups in total. The first-order chi connectivity index (χ1) is 7.98. The summed E-state index contributed by atoms with van der Waals surface area (Å²) >= 11 is 0. The number of rotatable bonds is 3. The molecular formula is C15H20O2. The molecule has 1 aromatic rings. The predicted molar refractivity (Wildman–Crippen MR) is 68.4 cm³/mol. The van der Waals surface area contributed by atoms with E-state index in [1.807, 2.05) is 20.8 Å². The van der Waals surface area contributed by atoms with Crippen LogP contribution in [-0.4, -0.2) is 12.4 Å². The van der Waals surface area contributed by atoms with Crippen molar-refractivity contribution in [3.8, 4) is 5.75 Å². The molecule has 0 aromatic heterocycles. The summed E-state index contributed by atoms with van der Waals surface area (Å²) in [5.41, 5.74) is 2.22. The van der Waals surface area contributed by atoms with Crippen molar-refractivity contribution in [2.45, 2.75) is 40.0 Å². The van der Waals surface area contributed by atoms with Crippen molar-refractivity contribution >= 4 is 5.78 Å². The Hall–Kier alpha value is -1.31. The van der Waals surface area contributed by atoms with Gasteiger partial charge < -0.3 is 4.74 Å². The van der Waals surface area contributed by atoms with Crippen LogP contribution in [0.5, 0.6) is 5.75 Å². The number of ether oxygens (including phenoxy) is 1. The lowest BCUT2D eigenvalue weighted by Crippen LogP contribution is -2.20. The zero-order chi connectivity index (χ0) is 12.5. The van der Waals surface area contributed by atoms with Crippen LogP contribution >= 0.6 is 0 Å². The Kier molecular flexibility index (Phi) is 3.23. The summed E-state index contributed by atoms with van der Waals surface area (Å²) in [5.74, 6) is 1.34. The molecule has 2 nitrogen and oxygen atoms in total. The van der Waals surface area contributed by atoms with Gasteiger partial charge in [-0.3, -0.25) is 4.79 Å². The fourth-order valence-electron chi connectivity index (χ4n) is 2.10. The number of ketones is 1. The van der Waals surface area contributed by atoms with Gasteiger partial charge in [0.25, 0.3) is 0 Å². The number of Topliss-reactive ketones (excluding diaryl/α,β-unsaturated/α-hetero) is 1. The monoisotopic (exact) mass is 232 g/mol. The highest BCUT2D eigenvalue weighted by Crippen LogP contribution is 2.30. The Labute approximate surface area is 103 Å². The van der Waals surface area contributed by atoms with E-state index in [1.54, 1.807) is 0 Å². The molecular weight excluding hydrogens is 212 g/mol. The van der Waals surface area contributed by atoms with Gasteiger partial charge in [-0.2, -0.15) is 0 Å². The normalized spacial score (nSPS) is 14.3. The van der Waals surface area contributed by atoms with Crippen LogP contribution in [0.15, 0.2) is 18.2 Å². The largest absolute Gasteiger partial charge is 0.493 e. The topological polar surface area (TPSA) is 26.3 Å². The molecule has 2 heteroatoms. The van der Waals surface area contributed by atoms with E-state index in [9.17, 15) is 4.79 Å². The van der Waals surface area contributed by atoms with Crippen molar-refractivity contribution in [1.29, 1.82) is 0 Å². The molecule has 0 aliphatic carbocycles. The highest BCUT2D eigenvalue weighted by molar-refractivity contribution is 5.83. The second-order valence-electron chi connectivity index (χ2n) is 5.68. The summed E-state index contributed by atoms with van der Waals surface area (Å²) in [6.45, 7) is 6.70. The van der Waals surface area contributed by atoms with Crippen LogP contribution in [0, 0.1) is 5.41 Å². The molecule has 0 atom stereocenters. The summed E-state index contributed by atoms with van der Waals surface area (Å²) in [7, 11) is 0. The summed E-state index contributed by atoms with van der Waals surface area (Å²) in [6, 6.07) is 6.24. The minimum Gasteiger partial charge on any atom is -0.493 e. The van der Waals surface area contributed by atoms with Crippen LogP contribution in [-0.2, 0) is 17.6 Å². The Bertz CT molecular complexity index is 427. The Morgan fingerprint density at radius 2 is 2.12 bits per heavy atom. The number of carbonyl (C=O) groups is 1. The van der Waals surface area contributed by atoms with E-state index >= 15 is 0 Å². The highest BCUT2D eigenvalue weighted by atomic mass is 16.5. The third-order valence-corrected chi connectivity index (χ3v) is 3.25. The van der Waals surface area contributed by atoms with Gasteiger partial charge >= 0.3 is 0 Å². The zero-order valence-corrected chi connectivity index (χ0v) is 10.9. The van der Waals surface area contributed by atoms with E-state index in [0.29, 0.717) is 12.2 Å². The molecule has 1 aliphatic heterocycles. The van der Waals surface area contributed by atoms with E-state index < -0.39 is 0 Å². The number of hydrogen-bond donors (Lipinski definition) is 0. The van der Waals surface area contributed by atoms with E-state index in [-0.39, 0.29) is 5.41 Å². The lowest BCUT2D eigenvalue weighted by Gasteiger charge is -2.16. The molecule has 1 heterocycles. The molecule has 1 aliphatic rings. The van der Waals surface area contributed by atoms with Gasteiger partial charge in [0.1, 0.15) is 11.5 Å². The van der Waals surface area contributed by atoms with Crippen LogP contribution in [0.25, 0.3) is 0 Å². The van der Waals surface area contributed by atoms with Crippen molar-refractivity contribution in [3.63, 3.8) is 0 Å². The van der Waals surface area contributed by atoms with E-state index in [1.165, 1.54) is 11.1 Å². The van der Waals surface area contributed by atoms with E-state index in [2.05, 4.69) is 18.2 Å². The Morgan fingerprint density at radius 1 is 1.35 bits per heavy atom. The standard InChI is InChI=1S/C15H20O2/c1-15(2,3)13(16)8-7-11-5-4-6-12-9-10-17-14(11)12/h4-6H,7-10H2,1-3H3. The van der Waals surface area contributed by atoms with Crippen LogP contribution < -0.4 is 4.74 Å². The summed E-state index contributed by atoms with van der Waals surface area (Å²) in [4.78, 5) is 11.9. The quantitative estimate of drug-likeness (QED) is 0.800. The fourth-order valence-corrected chi connectivity index (χ4v) is 2.10. The summed E-state index contributed by atoms with van der Waals surface area (Å²) < 4.78 is 5.64. The molecule has 0 radical (unpaired) electrons. The average molecular weight is 232 g/mol. The number of hydrogen-bond acceptors (Lipinski definition) is 2. The summed E-state index contributed by atoms with van der Waals surface area (Å²) in [5, 5.41) is 0. The number of aryl methyl sites for hydroxylation is 1. The third-order valence-electron chi connectivity index (χ3n) is 3.25. The molecule has 0 saturated carbocycles.